The minimum absolute atomic E-state index is 0.0369. The van der Waals surface area contributed by atoms with Gasteiger partial charge in [-0.05, 0) is 44.6 Å². The Balaban J connectivity index is 1.35. The zero-order valence-electron chi connectivity index (χ0n) is 22.0. The first-order chi connectivity index (χ1) is 18.7. The Labute approximate surface area is 231 Å². The molecular formula is C27H35N7O4S. The summed E-state index contributed by atoms with van der Waals surface area (Å²) in [6, 6.07) is 6.35. The van der Waals surface area contributed by atoms with Gasteiger partial charge in [0.25, 0.3) is 0 Å². The molecule has 2 saturated heterocycles. The van der Waals surface area contributed by atoms with E-state index in [0.717, 1.165) is 11.1 Å². The Hall–Kier alpha value is -3.80. The number of guanidine groups is 1. The van der Waals surface area contributed by atoms with Crippen LogP contribution in [0.1, 0.15) is 53.0 Å². The summed E-state index contributed by atoms with van der Waals surface area (Å²) in [4.78, 5) is 63.7. The first-order valence-electron chi connectivity index (χ1n) is 13.2. The van der Waals surface area contributed by atoms with Crippen molar-refractivity contribution in [2.75, 3.05) is 19.6 Å². The lowest BCUT2D eigenvalue weighted by Crippen LogP contribution is -2.60. The van der Waals surface area contributed by atoms with Crippen LogP contribution < -0.4 is 16.8 Å². The van der Waals surface area contributed by atoms with E-state index in [-0.39, 0.29) is 42.1 Å². The number of aliphatic imine (C=N–C) groups is 1. The molecule has 12 heteroatoms. The molecule has 1 aromatic carbocycles. The van der Waals surface area contributed by atoms with E-state index in [1.807, 2.05) is 31.2 Å². The Morgan fingerprint density at radius 1 is 1.21 bits per heavy atom. The molecular weight excluding hydrogens is 518 g/mol. The molecule has 0 spiro atoms. The van der Waals surface area contributed by atoms with E-state index in [1.54, 1.807) is 15.2 Å². The first-order valence-corrected chi connectivity index (χ1v) is 14.0. The molecule has 3 atom stereocenters. The van der Waals surface area contributed by atoms with Crippen LogP contribution in [-0.2, 0) is 20.8 Å². The van der Waals surface area contributed by atoms with Crippen molar-refractivity contribution in [1.82, 2.24) is 20.1 Å². The summed E-state index contributed by atoms with van der Waals surface area (Å²) in [6.45, 7) is 2.70. The lowest BCUT2D eigenvalue weighted by Gasteiger charge is -2.39. The van der Waals surface area contributed by atoms with Gasteiger partial charge in [-0.25, -0.2) is 4.98 Å². The van der Waals surface area contributed by atoms with Crippen molar-refractivity contribution in [2.45, 2.75) is 63.6 Å². The quantitative estimate of drug-likeness (QED) is 0.162. The van der Waals surface area contributed by atoms with Crippen LogP contribution in [0.5, 0.6) is 0 Å². The van der Waals surface area contributed by atoms with Gasteiger partial charge >= 0.3 is 0 Å². The van der Waals surface area contributed by atoms with Gasteiger partial charge in [-0.1, -0.05) is 29.8 Å². The SMILES string of the molecule is Cc1ccc(CCC(=O)N2CC(=O)N3[C@@H](CC[C@H]3C(=O)NC(CCCN=C(N)N)C(=O)c3nccs3)C2)cc1. The number of nitrogens with one attached hydrogen (secondary N) is 1. The Morgan fingerprint density at radius 2 is 1.97 bits per heavy atom. The van der Waals surface area contributed by atoms with Gasteiger partial charge in [-0.2, -0.15) is 0 Å². The smallest absolute Gasteiger partial charge is 0.243 e. The standard InChI is InChI=1S/C27H35N7O4S/c1-17-4-6-18(7-5-17)8-11-22(35)33-15-19-9-10-21(34(19)23(36)16-33)25(38)32-20(3-2-12-31-27(28)29)24(37)26-30-13-14-39-26/h4-7,13-14,19-21H,2-3,8-12,15-16H2,1H3,(H,32,38)(H4,28,29,31)/t19-,20?,21-/m0/s1. The zero-order valence-corrected chi connectivity index (χ0v) is 22.9. The molecule has 0 aliphatic carbocycles. The number of carbonyl (C=O) groups is 4. The topological polar surface area (TPSA) is 164 Å². The molecule has 3 amide bonds. The maximum Gasteiger partial charge on any atom is 0.243 e. The number of rotatable bonds is 11. The van der Waals surface area contributed by atoms with Crippen LogP contribution in [0.2, 0.25) is 0 Å². The highest BCUT2D eigenvalue weighted by atomic mass is 32.1. The van der Waals surface area contributed by atoms with Gasteiger partial charge in [-0.15, -0.1) is 11.3 Å². The number of aromatic nitrogens is 1. The van der Waals surface area contributed by atoms with Crippen LogP contribution in [0.25, 0.3) is 0 Å². The average Bonchev–Trinajstić information content (AvgIpc) is 3.60. The number of hydrogen-bond acceptors (Lipinski definition) is 7. The number of fused-ring (bicyclic) bond motifs is 1. The second-order valence-corrected chi connectivity index (χ2v) is 10.9. The number of amides is 3. The van der Waals surface area contributed by atoms with Gasteiger partial charge in [0.1, 0.15) is 6.04 Å². The van der Waals surface area contributed by atoms with Crippen molar-refractivity contribution in [3.05, 3.63) is 52.0 Å². The molecule has 11 nitrogen and oxygen atoms in total. The summed E-state index contributed by atoms with van der Waals surface area (Å²) in [6.07, 6.45) is 4.37. The molecule has 1 aromatic heterocycles. The third kappa shape index (κ3) is 7.20. The van der Waals surface area contributed by atoms with Crippen molar-refractivity contribution in [3.63, 3.8) is 0 Å². The molecule has 3 heterocycles. The fraction of sp³-hybridized carbons (Fsp3) is 0.481. The van der Waals surface area contributed by atoms with Gasteiger partial charge in [0.15, 0.2) is 11.0 Å². The molecule has 0 bridgehead atoms. The van der Waals surface area contributed by atoms with Crippen molar-refractivity contribution in [3.8, 4) is 0 Å². The van der Waals surface area contributed by atoms with Crippen molar-refractivity contribution < 1.29 is 19.2 Å². The summed E-state index contributed by atoms with van der Waals surface area (Å²) in [5, 5.41) is 4.87. The fourth-order valence-corrected chi connectivity index (χ4v) is 5.78. The first kappa shape index (κ1) is 28.2. The number of aryl methyl sites for hydroxylation is 2. The molecule has 2 aromatic rings. The monoisotopic (exact) mass is 553 g/mol. The molecule has 2 aliphatic heterocycles. The number of benzene rings is 1. The minimum atomic E-state index is -0.809. The molecule has 2 aliphatic rings. The summed E-state index contributed by atoms with van der Waals surface area (Å²) < 4.78 is 0. The van der Waals surface area contributed by atoms with Crippen LogP contribution in [0.15, 0.2) is 40.8 Å². The maximum atomic E-state index is 13.3. The second kappa shape index (κ2) is 12.8. The second-order valence-electron chi connectivity index (χ2n) is 10.0. The molecule has 0 radical (unpaired) electrons. The van der Waals surface area contributed by atoms with Gasteiger partial charge in [0, 0.05) is 31.1 Å². The van der Waals surface area contributed by atoms with Gasteiger partial charge < -0.3 is 26.6 Å². The molecule has 1 unspecified atom stereocenters. The van der Waals surface area contributed by atoms with E-state index < -0.39 is 12.1 Å². The van der Waals surface area contributed by atoms with E-state index in [4.69, 9.17) is 11.5 Å². The number of carbonyl (C=O) groups excluding carboxylic acids is 4. The number of ketones is 1. The molecule has 4 rings (SSSR count). The normalized spacial score (nSPS) is 19.4. The molecule has 2 fully saturated rings. The van der Waals surface area contributed by atoms with E-state index >= 15 is 0 Å². The summed E-state index contributed by atoms with van der Waals surface area (Å²) in [7, 11) is 0. The number of thiazole rings is 1. The number of nitrogens with two attached hydrogens (primary N) is 2. The van der Waals surface area contributed by atoms with Gasteiger partial charge in [-0.3, -0.25) is 24.2 Å². The third-order valence-corrected chi connectivity index (χ3v) is 7.96. The van der Waals surface area contributed by atoms with Gasteiger partial charge in [0.05, 0.1) is 18.6 Å². The van der Waals surface area contributed by atoms with E-state index in [1.165, 1.54) is 17.5 Å². The maximum absolute atomic E-state index is 13.3. The molecule has 5 N–H and O–H groups in total. The number of Topliss-reactive ketones (excluding diaryl/α,β-unsaturated/α-hetero) is 1. The van der Waals surface area contributed by atoms with Crippen molar-refractivity contribution in [1.29, 1.82) is 0 Å². The summed E-state index contributed by atoms with van der Waals surface area (Å²) >= 11 is 1.21. The highest BCUT2D eigenvalue weighted by molar-refractivity contribution is 7.11. The fourth-order valence-electron chi connectivity index (χ4n) is 5.15. The van der Waals surface area contributed by atoms with Crippen molar-refractivity contribution >= 4 is 40.8 Å². The lowest BCUT2D eigenvalue weighted by molar-refractivity contribution is -0.151. The van der Waals surface area contributed by atoms with Crippen molar-refractivity contribution in [2.24, 2.45) is 16.5 Å². The molecule has 0 saturated carbocycles. The largest absolute Gasteiger partial charge is 0.370 e. The van der Waals surface area contributed by atoms with E-state index in [2.05, 4.69) is 15.3 Å². The Kier molecular flexibility index (Phi) is 9.28. The van der Waals surface area contributed by atoms with Crippen LogP contribution in [-0.4, -0.2) is 82.0 Å². The minimum Gasteiger partial charge on any atom is -0.370 e. The third-order valence-electron chi connectivity index (χ3n) is 7.17. The Bertz CT molecular complexity index is 1210. The average molecular weight is 554 g/mol. The van der Waals surface area contributed by atoms with Crippen LogP contribution >= 0.6 is 11.3 Å². The lowest BCUT2D eigenvalue weighted by atomic mass is 10.1. The Morgan fingerprint density at radius 3 is 2.67 bits per heavy atom. The number of nitrogens with zero attached hydrogens (tertiary/aromatic N) is 4. The molecule has 39 heavy (non-hydrogen) atoms. The van der Waals surface area contributed by atoms with Crippen LogP contribution in [0.4, 0.5) is 0 Å². The predicted molar refractivity (Wildman–Crippen MR) is 148 cm³/mol. The zero-order chi connectivity index (χ0) is 27.9. The highest BCUT2D eigenvalue weighted by Crippen LogP contribution is 2.29. The predicted octanol–water partition coefficient (Wildman–Crippen LogP) is 1.01. The number of piperazine rings is 1. The van der Waals surface area contributed by atoms with Crippen LogP contribution in [0.3, 0.4) is 0 Å². The van der Waals surface area contributed by atoms with Crippen LogP contribution in [0, 0.1) is 6.92 Å². The van der Waals surface area contributed by atoms with E-state index in [9.17, 15) is 19.2 Å². The van der Waals surface area contributed by atoms with E-state index in [0.29, 0.717) is 56.6 Å². The molecule has 208 valence electrons. The number of hydrogen-bond donors (Lipinski definition) is 3. The highest BCUT2D eigenvalue weighted by Gasteiger charge is 2.46. The van der Waals surface area contributed by atoms with Gasteiger partial charge in [0.2, 0.25) is 23.5 Å². The summed E-state index contributed by atoms with van der Waals surface area (Å²) in [5.74, 6) is -1.01. The summed E-state index contributed by atoms with van der Waals surface area (Å²) in [5.41, 5.74) is 13.0.